The first-order chi connectivity index (χ1) is 7.56. The molecule has 0 rings (SSSR count). The normalized spacial score (nSPS) is 12.0. The number of methoxy groups -OCH3 is 1. The Labute approximate surface area is 98.0 Å². The van der Waals surface area contributed by atoms with Gasteiger partial charge in [0.1, 0.15) is 0 Å². The Morgan fingerprint density at radius 3 is 2.31 bits per heavy atom. The molecule has 0 saturated heterocycles. The van der Waals surface area contributed by atoms with Crippen molar-refractivity contribution in [3.8, 4) is 0 Å². The van der Waals surface area contributed by atoms with Crippen molar-refractivity contribution in [1.82, 2.24) is 4.90 Å². The van der Waals surface area contributed by atoms with Gasteiger partial charge in [-0.3, -0.25) is 9.59 Å². The predicted molar refractivity (Wildman–Crippen MR) is 63.0 cm³/mol. The summed E-state index contributed by atoms with van der Waals surface area (Å²) in [6.07, 6.45) is 2.56. The Morgan fingerprint density at radius 2 is 1.88 bits per heavy atom. The average molecular weight is 229 g/mol. The van der Waals surface area contributed by atoms with Gasteiger partial charge < -0.3 is 9.64 Å². The van der Waals surface area contributed by atoms with Crippen LogP contribution in [-0.4, -0.2) is 36.5 Å². The second kappa shape index (κ2) is 8.13. The predicted octanol–water partition coefficient (Wildman–Crippen LogP) is 1.98. The molecule has 94 valence electrons. The number of carbonyl (C=O) groups is 2. The molecule has 1 atom stereocenters. The zero-order valence-corrected chi connectivity index (χ0v) is 10.8. The van der Waals surface area contributed by atoms with Crippen LogP contribution in [0.5, 0.6) is 0 Å². The summed E-state index contributed by atoms with van der Waals surface area (Å²) in [5, 5.41) is 0. The van der Waals surface area contributed by atoms with Crippen LogP contribution >= 0.6 is 0 Å². The summed E-state index contributed by atoms with van der Waals surface area (Å²) in [6, 6.07) is 0.184. The van der Waals surface area contributed by atoms with Crippen molar-refractivity contribution in [2.24, 2.45) is 0 Å². The minimum atomic E-state index is -0.266. The highest BCUT2D eigenvalue weighted by Gasteiger charge is 2.18. The lowest BCUT2D eigenvalue weighted by Gasteiger charge is -2.28. The summed E-state index contributed by atoms with van der Waals surface area (Å²) < 4.78 is 4.58. The monoisotopic (exact) mass is 229 g/mol. The van der Waals surface area contributed by atoms with Gasteiger partial charge in [0.05, 0.1) is 13.5 Å². The maximum absolute atomic E-state index is 11.8. The number of hydrogen-bond acceptors (Lipinski definition) is 3. The molecule has 0 saturated carbocycles. The summed E-state index contributed by atoms with van der Waals surface area (Å²) in [5.41, 5.74) is 0. The van der Waals surface area contributed by atoms with Crippen molar-refractivity contribution < 1.29 is 14.3 Å². The molecule has 0 aromatic carbocycles. The van der Waals surface area contributed by atoms with E-state index in [1.165, 1.54) is 7.11 Å². The van der Waals surface area contributed by atoms with Crippen molar-refractivity contribution in [2.45, 2.75) is 52.5 Å². The molecule has 16 heavy (non-hydrogen) atoms. The number of ether oxygens (including phenoxy) is 1. The Bertz CT molecular complexity index is 228. The van der Waals surface area contributed by atoms with E-state index in [1.807, 2.05) is 20.8 Å². The Morgan fingerprint density at radius 1 is 1.25 bits per heavy atom. The second-order valence-electron chi connectivity index (χ2n) is 3.92. The van der Waals surface area contributed by atoms with Gasteiger partial charge in [-0.2, -0.15) is 0 Å². The molecule has 0 spiro atoms. The number of esters is 1. The van der Waals surface area contributed by atoms with E-state index in [0.717, 1.165) is 12.8 Å². The highest BCUT2D eigenvalue weighted by atomic mass is 16.5. The number of hydrogen-bond donors (Lipinski definition) is 0. The van der Waals surface area contributed by atoms with Crippen molar-refractivity contribution in [3.63, 3.8) is 0 Å². The van der Waals surface area contributed by atoms with Crippen LogP contribution in [-0.2, 0) is 14.3 Å². The number of amides is 1. The van der Waals surface area contributed by atoms with Crippen LogP contribution in [0.15, 0.2) is 0 Å². The van der Waals surface area contributed by atoms with Gasteiger partial charge in [0.25, 0.3) is 0 Å². The van der Waals surface area contributed by atoms with Crippen molar-refractivity contribution in [1.29, 1.82) is 0 Å². The third-order valence-electron chi connectivity index (χ3n) is 2.69. The van der Waals surface area contributed by atoms with Crippen LogP contribution in [0, 0.1) is 0 Å². The molecule has 0 bridgehead atoms. The van der Waals surface area contributed by atoms with Crippen LogP contribution in [0.4, 0.5) is 0 Å². The molecule has 0 radical (unpaired) electrons. The van der Waals surface area contributed by atoms with Crippen molar-refractivity contribution in [2.75, 3.05) is 13.7 Å². The standard InChI is InChI=1S/C12H23NO3/c1-5-7-11(14)13(10(3)6-2)9-8-12(15)16-4/h10H,5-9H2,1-4H3. The molecule has 0 aliphatic carbocycles. The van der Waals surface area contributed by atoms with Crippen LogP contribution in [0.2, 0.25) is 0 Å². The molecule has 0 aliphatic heterocycles. The molecule has 0 heterocycles. The first-order valence-electron chi connectivity index (χ1n) is 5.93. The fourth-order valence-electron chi connectivity index (χ4n) is 1.48. The molecule has 0 N–H and O–H groups in total. The molecule has 1 unspecified atom stereocenters. The minimum Gasteiger partial charge on any atom is -0.469 e. The van der Waals surface area contributed by atoms with Gasteiger partial charge >= 0.3 is 5.97 Å². The SMILES string of the molecule is CCCC(=O)N(CCC(=O)OC)C(C)CC. The highest BCUT2D eigenvalue weighted by molar-refractivity contribution is 5.77. The lowest BCUT2D eigenvalue weighted by molar-refractivity contribution is -0.142. The Hall–Kier alpha value is -1.06. The van der Waals surface area contributed by atoms with E-state index in [2.05, 4.69) is 4.74 Å². The van der Waals surface area contributed by atoms with Gasteiger partial charge in [-0.25, -0.2) is 0 Å². The zero-order chi connectivity index (χ0) is 12.6. The van der Waals surface area contributed by atoms with E-state index in [0.29, 0.717) is 13.0 Å². The summed E-state index contributed by atoms with van der Waals surface area (Å²) in [6.45, 7) is 6.48. The average Bonchev–Trinajstić information content (AvgIpc) is 2.28. The largest absolute Gasteiger partial charge is 0.469 e. The summed E-state index contributed by atoms with van der Waals surface area (Å²) in [4.78, 5) is 24.6. The smallest absolute Gasteiger partial charge is 0.307 e. The lowest BCUT2D eigenvalue weighted by atomic mass is 10.2. The van der Waals surface area contributed by atoms with Gasteiger partial charge in [-0.05, 0) is 19.8 Å². The number of rotatable bonds is 7. The second-order valence-corrected chi connectivity index (χ2v) is 3.92. The van der Waals surface area contributed by atoms with Crippen molar-refractivity contribution >= 4 is 11.9 Å². The minimum absolute atomic E-state index is 0.126. The van der Waals surface area contributed by atoms with Crippen LogP contribution in [0.3, 0.4) is 0 Å². The Kier molecular flexibility index (Phi) is 7.60. The van der Waals surface area contributed by atoms with E-state index < -0.39 is 0 Å². The maximum Gasteiger partial charge on any atom is 0.307 e. The van der Waals surface area contributed by atoms with Crippen molar-refractivity contribution in [3.05, 3.63) is 0 Å². The Balaban J connectivity index is 4.31. The molecular formula is C12H23NO3. The molecule has 4 nitrogen and oxygen atoms in total. The van der Waals surface area contributed by atoms with Gasteiger partial charge in [0.2, 0.25) is 5.91 Å². The molecule has 0 aliphatic rings. The molecule has 4 heteroatoms. The molecule has 0 aromatic rings. The molecule has 1 amide bonds. The van der Waals surface area contributed by atoms with Crippen LogP contribution in [0.1, 0.15) is 46.5 Å². The molecular weight excluding hydrogens is 206 g/mol. The van der Waals surface area contributed by atoms with Gasteiger partial charge in [-0.15, -0.1) is 0 Å². The first kappa shape index (κ1) is 14.9. The lowest BCUT2D eigenvalue weighted by Crippen LogP contribution is -2.39. The van der Waals surface area contributed by atoms with Crippen LogP contribution in [0.25, 0.3) is 0 Å². The van der Waals surface area contributed by atoms with Crippen LogP contribution < -0.4 is 0 Å². The summed E-state index contributed by atoms with van der Waals surface area (Å²) in [5.74, 6) is -0.140. The van der Waals surface area contributed by atoms with E-state index in [9.17, 15) is 9.59 Å². The highest BCUT2D eigenvalue weighted by Crippen LogP contribution is 2.08. The number of carbonyl (C=O) groups excluding carboxylic acids is 2. The number of nitrogens with zero attached hydrogens (tertiary/aromatic N) is 1. The van der Waals surface area contributed by atoms with Gasteiger partial charge in [-0.1, -0.05) is 13.8 Å². The fraction of sp³-hybridized carbons (Fsp3) is 0.833. The van der Waals surface area contributed by atoms with Gasteiger partial charge in [0.15, 0.2) is 0 Å². The first-order valence-corrected chi connectivity index (χ1v) is 5.93. The fourth-order valence-corrected chi connectivity index (χ4v) is 1.48. The van der Waals surface area contributed by atoms with Gasteiger partial charge in [0, 0.05) is 19.0 Å². The quantitative estimate of drug-likeness (QED) is 0.627. The van der Waals surface area contributed by atoms with E-state index >= 15 is 0 Å². The third-order valence-corrected chi connectivity index (χ3v) is 2.69. The van der Waals surface area contributed by atoms with E-state index in [-0.39, 0.29) is 24.3 Å². The van der Waals surface area contributed by atoms with E-state index in [1.54, 1.807) is 4.90 Å². The topological polar surface area (TPSA) is 46.6 Å². The summed E-state index contributed by atoms with van der Waals surface area (Å²) >= 11 is 0. The maximum atomic E-state index is 11.8. The molecule has 0 aromatic heterocycles. The molecule has 0 fully saturated rings. The summed E-state index contributed by atoms with van der Waals surface area (Å²) in [7, 11) is 1.36. The zero-order valence-electron chi connectivity index (χ0n) is 10.8. The third kappa shape index (κ3) is 5.14. The van der Waals surface area contributed by atoms with E-state index in [4.69, 9.17) is 0 Å².